The van der Waals surface area contributed by atoms with Crippen LogP contribution in [0.2, 0.25) is 5.02 Å². The number of anilines is 2. The van der Waals surface area contributed by atoms with E-state index < -0.39 is 0 Å². The summed E-state index contributed by atoms with van der Waals surface area (Å²) in [6.07, 6.45) is 0. The van der Waals surface area contributed by atoms with Crippen LogP contribution in [-0.2, 0) is 6.54 Å². The third-order valence-electron chi connectivity index (χ3n) is 2.54. The first-order chi connectivity index (χ1) is 9.11. The van der Waals surface area contributed by atoms with E-state index in [1.165, 1.54) is 0 Å². The molecule has 0 bridgehead atoms. The van der Waals surface area contributed by atoms with Crippen molar-refractivity contribution >= 4 is 33.8 Å². The van der Waals surface area contributed by atoms with Gasteiger partial charge in [-0.25, -0.2) is 0 Å². The molecule has 102 valence electrons. The monoisotopic (exact) mass is 297 g/mol. The van der Waals surface area contributed by atoms with Gasteiger partial charge in [0.25, 0.3) is 0 Å². The number of nitrogens with one attached hydrogen (secondary N) is 1. The largest absolute Gasteiger partial charge is 0.480 e. The van der Waals surface area contributed by atoms with E-state index in [0.29, 0.717) is 17.4 Å². The second kappa shape index (κ2) is 6.12. The molecule has 0 unspecified atom stereocenters. The van der Waals surface area contributed by atoms with Crippen molar-refractivity contribution in [1.29, 1.82) is 0 Å². The Balaban J connectivity index is 2.13. The number of hydrogen-bond acceptors (Lipinski definition) is 5. The summed E-state index contributed by atoms with van der Waals surface area (Å²) in [5, 5.41) is 4.93. The number of methoxy groups -OCH3 is 1. The molecule has 1 aromatic carbocycles. The van der Waals surface area contributed by atoms with Crippen LogP contribution in [0.3, 0.4) is 0 Å². The highest BCUT2D eigenvalue weighted by Crippen LogP contribution is 2.31. The number of nitrogens with zero attached hydrogens (tertiary/aromatic N) is 2. The van der Waals surface area contributed by atoms with Crippen LogP contribution in [0.5, 0.6) is 5.88 Å². The molecule has 0 radical (unpaired) electrons. The van der Waals surface area contributed by atoms with Crippen molar-refractivity contribution in [2.45, 2.75) is 6.54 Å². The molecule has 0 aliphatic carbocycles. The molecule has 4 nitrogen and oxygen atoms in total. The Bertz CT molecular complexity index is 557. The van der Waals surface area contributed by atoms with E-state index in [1.54, 1.807) is 18.4 Å². The molecule has 6 heteroatoms. The van der Waals surface area contributed by atoms with E-state index in [1.807, 2.05) is 43.3 Å². The molecule has 0 spiro atoms. The van der Waals surface area contributed by atoms with Crippen LogP contribution in [0.15, 0.2) is 24.3 Å². The number of para-hydroxylation sites is 1. The lowest BCUT2D eigenvalue weighted by atomic mass is 10.3. The molecule has 0 aliphatic heterocycles. The molecule has 0 aliphatic rings. The summed E-state index contributed by atoms with van der Waals surface area (Å²) < 4.78 is 5.29. The third kappa shape index (κ3) is 3.30. The Morgan fingerprint density at radius 3 is 2.74 bits per heavy atom. The quantitative estimate of drug-likeness (QED) is 0.917. The molecule has 0 fully saturated rings. The minimum atomic E-state index is 0.637. The molecule has 0 saturated heterocycles. The summed E-state index contributed by atoms with van der Waals surface area (Å²) in [5.74, 6) is 0.660. The van der Waals surface area contributed by atoms with Crippen LogP contribution in [0, 0.1) is 0 Å². The minimum absolute atomic E-state index is 0.637. The first kappa shape index (κ1) is 14.0. The van der Waals surface area contributed by atoms with Gasteiger partial charge in [-0.3, -0.25) is 0 Å². The molecule has 2 aromatic rings. The zero-order chi connectivity index (χ0) is 13.8. The van der Waals surface area contributed by atoms with Gasteiger partial charge in [0.1, 0.15) is 0 Å². The fraction of sp³-hybridized carbons (Fsp3) is 0.308. The fourth-order valence-electron chi connectivity index (χ4n) is 1.57. The molecule has 1 N–H and O–H groups in total. The molecule has 0 atom stereocenters. The van der Waals surface area contributed by atoms with Crippen molar-refractivity contribution in [2.24, 2.45) is 0 Å². The Morgan fingerprint density at radius 1 is 1.37 bits per heavy atom. The Morgan fingerprint density at radius 2 is 2.11 bits per heavy atom. The summed E-state index contributed by atoms with van der Waals surface area (Å²) in [7, 11) is 5.56. The normalized spacial score (nSPS) is 10.3. The van der Waals surface area contributed by atoms with Crippen LogP contribution in [0.4, 0.5) is 10.8 Å². The SMILES string of the molecule is COc1nc(N(C)C)sc1CNc1ccccc1Cl. The van der Waals surface area contributed by atoms with Gasteiger partial charge in [-0.05, 0) is 12.1 Å². The van der Waals surface area contributed by atoms with Crippen LogP contribution >= 0.6 is 22.9 Å². The lowest BCUT2D eigenvalue weighted by Gasteiger charge is -2.07. The van der Waals surface area contributed by atoms with E-state index in [4.69, 9.17) is 16.3 Å². The van der Waals surface area contributed by atoms with Gasteiger partial charge < -0.3 is 15.0 Å². The summed E-state index contributed by atoms with van der Waals surface area (Å²) in [6.45, 7) is 0.637. The Kier molecular flexibility index (Phi) is 4.50. The molecule has 0 amide bonds. The Labute approximate surface area is 122 Å². The third-order valence-corrected chi connectivity index (χ3v) is 4.07. The summed E-state index contributed by atoms with van der Waals surface area (Å²) in [6, 6.07) is 7.66. The van der Waals surface area contributed by atoms with E-state index in [9.17, 15) is 0 Å². The summed E-state index contributed by atoms with van der Waals surface area (Å²) >= 11 is 7.71. The predicted octanol–water partition coefficient (Wildman–Crippen LogP) is 3.48. The number of benzene rings is 1. The summed E-state index contributed by atoms with van der Waals surface area (Å²) in [4.78, 5) is 7.42. The molecule has 2 rings (SSSR count). The standard InChI is InChI=1S/C13H16ClN3OS/c1-17(2)13-16-12(18-3)11(19-13)8-15-10-7-5-4-6-9(10)14/h4-7,15H,8H2,1-3H3. The van der Waals surface area contributed by atoms with Crippen LogP contribution in [-0.4, -0.2) is 26.2 Å². The highest BCUT2D eigenvalue weighted by atomic mass is 35.5. The highest BCUT2D eigenvalue weighted by Gasteiger charge is 2.13. The van der Waals surface area contributed by atoms with Crippen molar-refractivity contribution in [1.82, 2.24) is 4.98 Å². The molecule has 1 aromatic heterocycles. The average Bonchev–Trinajstić information content (AvgIpc) is 2.81. The van der Waals surface area contributed by atoms with Crippen molar-refractivity contribution in [3.8, 4) is 5.88 Å². The number of aromatic nitrogens is 1. The zero-order valence-electron chi connectivity index (χ0n) is 11.1. The van der Waals surface area contributed by atoms with Gasteiger partial charge in [0.2, 0.25) is 5.88 Å². The minimum Gasteiger partial charge on any atom is -0.480 e. The van der Waals surface area contributed by atoms with Crippen molar-refractivity contribution in [3.63, 3.8) is 0 Å². The molecule has 0 saturated carbocycles. The van der Waals surface area contributed by atoms with Gasteiger partial charge in [-0.1, -0.05) is 35.1 Å². The average molecular weight is 298 g/mol. The maximum absolute atomic E-state index is 6.11. The topological polar surface area (TPSA) is 37.4 Å². The fourth-order valence-corrected chi connectivity index (χ4v) is 2.66. The highest BCUT2D eigenvalue weighted by molar-refractivity contribution is 7.15. The van der Waals surface area contributed by atoms with Gasteiger partial charge in [0, 0.05) is 14.1 Å². The van der Waals surface area contributed by atoms with E-state index in [2.05, 4.69) is 10.3 Å². The van der Waals surface area contributed by atoms with E-state index in [0.717, 1.165) is 15.7 Å². The van der Waals surface area contributed by atoms with Crippen LogP contribution in [0.25, 0.3) is 0 Å². The second-order valence-corrected chi connectivity index (χ2v) is 5.63. The van der Waals surface area contributed by atoms with Crippen molar-refractivity contribution in [3.05, 3.63) is 34.2 Å². The number of thiazole rings is 1. The molecular weight excluding hydrogens is 282 g/mol. The van der Waals surface area contributed by atoms with Gasteiger partial charge in [0.05, 0.1) is 29.2 Å². The number of rotatable bonds is 5. The van der Waals surface area contributed by atoms with Crippen LogP contribution < -0.4 is 15.0 Å². The number of halogens is 1. The van der Waals surface area contributed by atoms with Gasteiger partial charge >= 0.3 is 0 Å². The van der Waals surface area contributed by atoms with Crippen LogP contribution in [0.1, 0.15) is 4.88 Å². The Hall–Kier alpha value is -1.46. The summed E-state index contributed by atoms with van der Waals surface area (Å²) in [5.41, 5.74) is 0.908. The maximum Gasteiger partial charge on any atom is 0.231 e. The molecular formula is C13H16ClN3OS. The lowest BCUT2D eigenvalue weighted by molar-refractivity contribution is 0.397. The first-order valence-electron chi connectivity index (χ1n) is 5.81. The van der Waals surface area contributed by atoms with E-state index >= 15 is 0 Å². The molecule has 19 heavy (non-hydrogen) atoms. The predicted molar refractivity (Wildman–Crippen MR) is 81.8 cm³/mol. The first-order valence-corrected chi connectivity index (χ1v) is 7.00. The molecule has 1 heterocycles. The zero-order valence-corrected chi connectivity index (χ0v) is 12.7. The number of hydrogen-bond donors (Lipinski definition) is 1. The van der Waals surface area contributed by atoms with Gasteiger partial charge in [-0.15, -0.1) is 0 Å². The smallest absolute Gasteiger partial charge is 0.231 e. The lowest BCUT2D eigenvalue weighted by Crippen LogP contribution is -2.07. The van der Waals surface area contributed by atoms with E-state index in [-0.39, 0.29) is 0 Å². The van der Waals surface area contributed by atoms with Crippen molar-refractivity contribution in [2.75, 3.05) is 31.4 Å². The maximum atomic E-state index is 6.11. The number of ether oxygens (including phenoxy) is 1. The van der Waals surface area contributed by atoms with Gasteiger partial charge in [0.15, 0.2) is 5.13 Å². The van der Waals surface area contributed by atoms with Crippen molar-refractivity contribution < 1.29 is 4.74 Å². The second-order valence-electron chi connectivity index (χ2n) is 4.16. The van der Waals surface area contributed by atoms with Gasteiger partial charge in [-0.2, -0.15) is 4.98 Å².